The van der Waals surface area contributed by atoms with Crippen molar-refractivity contribution in [2.45, 2.75) is 76.2 Å². The van der Waals surface area contributed by atoms with Crippen molar-refractivity contribution in [2.24, 2.45) is 0 Å². The minimum absolute atomic E-state index is 0.114. The van der Waals surface area contributed by atoms with Crippen molar-refractivity contribution >= 4 is 38.6 Å². The predicted octanol–water partition coefficient (Wildman–Crippen LogP) is 5.91. The van der Waals surface area contributed by atoms with Crippen LogP contribution in [-0.4, -0.2) is 60.6 Å². The van der Waals surface area contributed by atoms with Crippen LogP contribution >= 0.6 is 0 Å². The third-order valence-electron chi connectivity index (χ3n) is 9.22. The Morgan fingerprint density at radius 3 is 2.52 bits per heavy atom. The average molecular weight is 649 g/mol. The number of hydrogen-bond donors (Lipinski definition) is 2. The van der Waals surface area contributed by atoms with E-state index in [0.29, 0.717) is 42.4 Å². The lowest BCUT2D eigenvalue weighted by Gasteiger charge is -2.23. The molecule has 0 bridgehead atoms. The summed E-state index contributed by atoms with van der Waals surface area (Å²) in [7, 11) is 0.342. The lowest BCUT2D eigenvalue weighted by molar-refractivity contribution is 0.0685. The monoisotopic (exact) mass is 648 g/mol. The number of hydrogen-bond acceptors (Lipinski definition) is 7. The van der Waals surface area contributed by atoms with Crippen LogP contribution < -0.4 is 4.72 Å². The minimum Gasteiger partial charge on any atom is -0.497 e. The van der Waals surface area contributed by atoms with Gasteiger partial charge in [0.2, 0.25) is 0 Å². The van der Waals surface area contributed by atoms with Gasteiger partial charge in [0, 0.05) is 55.1 Å². The second kappa shape index (κ2) is 12.9. The van der Waals surface area contributed by atoms with E-state index in [-0.39, 0.29) is 17.2 Å². The van der Waals surface area contributed by atoms with E-state index in [1.54, 1.807) is 19.2 Å². The van der Waals surface area contributed by atoms with Crippen molar-refractivity contribution in [3.05, 3.63) is 82.1 Å². The number of nitrogens with zero attached hydrogens (tertiary/aromatic N) is 3. The van der Waals surface area contributed by atoms with Crippen LogP contribution in [0.5, 0.6) is 0 Å². The molecule has 6 rings (SSSR count). The average Bonchev–Trinajstić information content (AvgIpc) is 3.71. The molecule has 1 aliphatic heterocycles. The quantitative estimate of drug-likeness (QED) is 0.307. The van der Waals surface area contributed by atoms with Gasteiger partial charge >= 0.3 is 16.2 Å². The highest BCUT2D eigenvalue weighted by Crippen LogP contribution is 2.46. The number of carboxylic acid groups (broad SMARTS) is 1. The number of benzene rings is 1. The third kappa shape index (κ3) is 6.28. The molecule has 2 aliphatic carbocycles. The van der Waals surface area contributed by atoms with E-state index in [4.69, 9.17) is 9.26 Å². The van der Waals surface area contributed by atoms with Crippen molar-refractivity contribution in [1.29, 1.82) is 0 Å². The van der Waals surface area contributed by atoms with Gasteiger partial charge in [-0.2, -0.15) is 12.7 Å². The molecular weight excluding hydrogens is 608 g/mol. The maximum absolute atomic E-state index is 13.3. The van der Waals surface area contributed by atoms with Gasteiger partial charge in [0.1, 0.15) is 11.5 Å². The molecule has 3 aliphatic rings. The Bertz CT molecular complexity index is 1870. The maximum Gasteiger partial charge on any atom is 0.358 e. The van der Waals surface area contributed by atoms with E-state index in [2.05, 4.69) is 20.5 Å². The number of nitrogens with one attached hydrogen (secondary N) is 1. The van der Waals surface area contributed by atoms with Gasteiger partial charge in [0.05, 0.1) is 12.7 Å². The van der Waals surface area contributed by atoms with E-state index >= 15 is 0 Å². The molecule has 11 nitrogen and oxygen atoms in total. The summed E-state index contributed by atoms with van der Waals surface area (Å²) in [6.45, 7) is 0.310. The van der Waals surface area contributed by atoms with Crippen molar-refractivity contribution in [3.8, 4) is 0 Å². The zero-order valence-corrected chi connectivity index (χ0v) is 27.2. The summed E-state index contributed by atoms with van der Waals surface area (Å²) >= 11 is 0. The Hall–Kier alpha value is -4.16. The molecule has 3 aromatic rings. The Kier molecular flexibility index (Phi) is 8.93. The number of carboxylic acids is 1. The van der Waals surface area contributed by atoms with Gasteiger partial charge < -0.3 is 18.9 Å². The highest BCUT2D eigenvalue weighted by Gasteiger charge is 2.36. The molecule has 2 fully saturated rings. The molecule has 2 N–H and O–H groups in total. The van der Waals surface area contributed by atoms with Crippen molar-refractivity contribution < 1.29 is 32.4 Å². The first-order valence-corrected chi connectivity index (χ1v) is 17.3. The zero-order valence-electron chi connectivity index (χ0n) is 26.4. The van der Waals surface area contributed by atoms with Crippen LogP contribution in [0.15, 0.2) is 52.8 Å². The Balaban J connectivity index is 1.57. The molecule has 46 heavy (non-hydrogen) atoms. The summed E-state index contributed by atoms with van der Waals surface area (Å²) in [5, 5.41) is 15.1. The number of amides is 1. The number of carbonyl (C=O) groups excluding carboxylic acids is 1. The number of aromatic nitrogens is 2. The maximum atomic E-state index is 13.3. The highest BCUT2D eigenvalue weighted by atomic mass is 32.2. The summed E-state index contributed by atoms with van der Waals surface area (Å²) in [5.41, 5.74) is 4.44. The van der Waals surface area contributed by atoms with Gasteiger partial charge in [-0.3, -0.25) is 4.79 Å². The number of allylic oxidation sites excluding steroid dienone is 5. The summed E-state index contributed by atoms with van der Waals surface area (Å²) < 4.78 is 41.6. The number of methoxy groups -OCH3 is 1. The number of ether oxygens (including phenoxy) is 1. The summed E-state index contributed by atoms with van der Waals surface area (Å²) in [4.78, 5) is 25.7. The topological polar surface area (TPSA) is 144 Å². The van der Waals surface area contributed by atoms with Crippen LogP contribution in [0.4, 0.5) is 0 Å². The van der Waals surface area contributed by atoms with Crippen LogP contribution in [0, 0.1) is 0 Å². The molecule has 0 spiro atoms. The first-order chi connectivity index (χ1) is 22.1. The molecule has 0 saturated heterocycles. The number of fused-ring (bicyclic) bond motifs is 3. The van der Waals surface area contributed by atoms with Crippen LogP contribution in [0.3, 0.4) is 0 Å². The van der Waals surface area contributed by atoms with Gasteiger partial charge in [0.25, 0.3) is 5.91 Å². The third-order valence-corrected chi connectivity index (χ3v) is 10.6. The predicted molar refractivity (Wildman–Crippen MR) is 174 cm³/mol. The molecule has 244 valence electrons. The van der Waals surface area contributed by atoms with E-state index in [1.165, 1.54) is 26.1 Å². The Morgan fingerprint density at radius 2 is 1.85 bits per heavy atom. The molecule has 1 amide bonds. The zero-order chi connectivity index (χ0) is 32.6. The van der Waals surface area contributed by atoms with E-state index < -0.39 is 22.1 Å². The summed E-state index contributed by atoms with van der Waals surface area (Å²) in [6, 6.07) is 5.35. The van der Waals surface area contributed by atoms with Gasteiger partial charge in [-0.15, -0.1) is 0 Å². The fraction of sp³-hybridized carbons (Fsp3) is 0.441. The smallest absolute Gasteiger partial charge is 0.358 e. The highest BCUT2D eigenvalue weighted by molar-refractivity contribution is 7.87. The Morgan fingerprint density at radius 1 is 1.09 bits per heavy atom. The van der Waals surface area contributed by atoms with Crippen LogP contribution in [0.2, 0.25) is 0 Å². The van der Waals surface area contributed by atoms with Crippen molar-refractivity contribution in [3.63, 3.8) is 0 Å². The van der Waals surface area contributed by atoms with Crippen LogP contribution in [0.1, 0.15) is 107 Å². The SMILES string of the molecule is COC1=CCC=C(c2c(C(=O)O)noc2C2CC2)Cn2c(c(C3CCCCC3)c3ccc(C(=O)NS(=O)(=O)N(C)C)cc32)CC=C1. The molecule has 12 heteroatoms. The summed E-state index contributed by atoms with van der Waals surface area (Å²) in [6.07, 6.45) is 16.4. The standard InChI is InChI=1S/C34H40N4O7S/c1-37(2)46(42,43)36-33(39)23-17-18-26-28(19-23)38-20-24(30-31(34(40)41)35-45-32(30)22-15-16-22)11-7-12-25(44-3)13-8-14-27(38)29(26)21-9-5-4-6-10-21/h8,11-13,17-19,21-22H,4-7,9-10,14-16,20H2,1-3H3,(H,36,39)(H,40,41). The fourth-order valence-corrected chi connectivity index (χ4v) is 7.24. The molecule has 1 aromatic carbocycles. The van der Waals surface area contributed by atoms with Gasteiger partial charge in [-0.25, -0.2) is 9.52 Å². The molecule has 0 radical (unpaired) electrons. The molecular formula is C34H40N4O7S. The number of aromatic carboxylic acids is 1. The normalized spacial score (nSPS) is 18.1. The van der Waals surface area contributed by atoms with Crippen LogP contribution in [0.25, 0.3) is 16.5 Å². The minimum atomic E-state index is -4.00. The van der Waals surface area contributed by atoms with Crippen LogP contribution in [-0.2, 0) is 27.9 Å². The molecule has 2 aromatic heterocycles. The van der Waals surface area contributed by atoms with Crippen molar-refractivity contribution in [2.75, 3.05) is 21.2 Å². The second-order valence-corrected chi connectivity index (χ2v) is 14.3. The first-order valence-electron chi connectivity index (χ1n) is 15.8. The number of carbonyl (C=O) groups is 2. The van der Waals surface area contributed by atoms with Gasteiger partial charge in [-0.1, -0.05) is 42.6 Å². The largest absolute Gasteiger partial charge is 0.497 e. The second-order valence-electron chi connectivity index (χ2n) is 12.5. The van der Waals surface area contributed by atoms with E-state index in [9.17, 15) is 23.1 Å². The van der Waals surface area contributed by atoms with E-state index in [0.717, 1.165) is 65.0 Å². The van der Waals surface area contributed by atoms with Crippen molar-refractivity contribution in [1.82, 2.24) is 18.8 Å². The molecule has 3 heterocycles. The lowest BCUT2D eigenvalue weighted by Crippen LogP contribution is -2.39. The molecule has 0 atom stereocenters. The molecule has 2 saturated carbocycles. The number of rotatable bonds is 8. The Labute approximate surface area is 268 Å². The summed E-state index contributed by atoms with van der Waals surface area (Å²) in [5.74, 6) is -0.156. The first kappa shape index (κ1) is 31.8. The lowest BCUT2D eigenvalue weighted by atomic mass is 9.82. The fourth-order valence-electron chi connectivity index (χ4n) is 6.71. The van der Waals surface area contributed by atoms with E-state index in [1.807, 2.05) is 24.3 Å². The molecule has 0 unspecified atom stereocenters. The van der Waals surface area contributed by atoms with Gasteiger partial charge in [-0.05, 0) is 73.4 Å². The van der Waals surface area contributed by atoms with Gasteiger partial charge in [0.15, 0.2) is 5.69 Å².